The number of nitrogens with one attached hydrogen (secondary N) is 1. The van der Waals surface area contributed by atoms with Crippen LogP contribution in [0.4, 0.5) is 22.7 Å². The standard InChI is InChI=1S/C28H31N7O5S/c1-5-40-26(39)22-16(2)29-28(41-22)32-27-30-23(34-12-6-7-19(36)15-34)20-13-21(37)35(24(20)31-27)14-17-8-10-18(11-9-17)25(38)33(3)4/h8-11H,5-7,12-15H2,1-4H3,(H,29,30,31,32). The Hall–Kier alpha value is -4.39. The molecule has 0 radical (unpaired) electrons. The van der Waals surface area contributed by atoms with Crippen molar-refractivity contribution in [3.63, 3.8) is 0 Å². The molecule has 13 heteroatoms. The summed E-state index contributed by atoms with van der Waals surface area (Å²) in [5.41, 5.74) is 2.57. The summed E-state index contributed by atoms with van der Waals surface area (Å²) in [5, 5.41) is 3.50. The number of thiazole rings is 1. The Labute approximate surface area is 241 Å². The SMILES string of the molecule is CCOC(=O)c1sc(Nc2nc(N3CCCC(=O)C3)c3c(n2)N(Cc2ccc(C(=O)N(C)C)cc2)C(=O)C3)nc1C. The fraction of sp³-hybridized carbons (Fsp3) is 0.393. The van der Waals surface area contributed by atoms with Gasteiger partial charge in [-0.25, -0.2) is 9.78 Å². The Morgan fingerprint density at radius 2 is 1.83 bits per heavy atom. The number of rotatable bonds is 8. The molecule has 0 spiro atoms. The minimum absolute atomic E-state index is 0.105. The van der Waals surface area contributed by atoms with Crippen LogP contribution in [-0.4, -0.2) is 77.2 Å². The molecule has 1 fully saturated rings. The summed E-state index contributed by atoms with van der Waals surface area (Å²) in [6.07, 6.45) is 1.32. The molecule has 2 aliphatic rings. The average molecular weight is 578 g/mol. The first-order valence-corrected chi connectivity index (χ1v) is 14.2. The van der Waals surface area contributed by atoms with Gasteiger partial charge in [0, 0.05) is 38.2 Å². The lowest BCUT2D eigenvalue weighted by Crippen LogP contribution is -2.36. The molecule has 5 rings (SSSR count). The number of amides is 2. The third kappa shape index (κ3) is 5.89. The monoisotopic (exact) mass is 577 g/mol. The molecule has 3 aromatic rings. The van der Waals surface area contributed by atoms with E-state index in [9.17, 15) is 19.2 Å². The number of carbonyl (C=O) groups excluding carboxylic acids is 4. The van der Waals surface area contributed by atoms with Crippen LogP contribution in [0.3, 0.4) is 0 Å². The Morgan fingerprint density at radius 3 is 2.51 bits per heavy atom. The zero-order valence-electron chi connectivity index (χ0n) is 23.4. The Bertz CT molecular complexity index is 1520. The molecular formula is C28H31N7O5S. The molecule has 2 aromatic heterocycles. The van der Waals surface area contributed by atoms with Crippen LogP contribution < -0.4 is 15.1 Å². The van der Waals surface area contributed by atoms with Gasteiger partial charge in [0.15, 0.2) is 10.9 Å². The molecule has 0 atom stereocenters. The fourth-order valence-electron chi connectivity index (χ4n) is 4.83. The third-order valence-electron chi connectivity index (χ3n) is 6.82. The van der Waals surface area contributed by atoms with Gasteiger partial charge >= 0.3 is 5.97 Å². The zero-order chi connectivity index (χ0) is 29.3. The van der Waals surface area contributed by atoms with Crippen LogP contribution in [-0.2, 0) is 27.3 Å². The van der Waals surface area contributed by atoms with Crippen molar-refractivity contribution in [2.45, 2.75) is 39.7 Å². The highest BCUT2D eigenvalue weighted by atomic mass is 32.1. The first-order valence-electron chi connectivity index (χ1n) is 13.3. The summed E-state index contributed by atoms with van der Waals surface area (Å²) in [5.74, 6) is 0.605. The molecular weight excluding hydrogens is 546 g/mol. The summed E-state index contributed by atoms with van der Waals surface area (Å²) in [4.78, 5) is 69.4. The van der Waals surface area contributed by atoms with Gasteiger partial charge in [0.25, 0.3) is 5.91 Å². The number of esters is 1. The maximum absolute atomic E-state index is 13.3. The number of aryl methyl sites for hydroxylation is 1. The molecule has 12 nitrogen and oxygen atoms in total. The van der Waals surface area contributed by atoms with E-state index in [2.05, 4.69) is 10.3 Å². The average Bonchev–Trinajstić information content (AvgIpc) is 3.46. The predicted octanol–water partition coefficient (Wildman–Crippen LogP) is 3.12. The summed E-state index contributed by atoms with van der Waals surface area (Å²) >= 11 is 1.13. The highest BCUT2D eigenvalue weighted by molar-refractivity contribution is 7.17. The van der Waals surface area contributed by atoms with E-state index in [-0.39, 0.29) is 49.7 Å². The molecule has 41 heavy (non-hydrogen) atoms. The van der Waals surface area contributed by atoms with Crippen LogP contribution in [0.2, 0.25) is 0 Å². The number of ketones is 1. The van der Waals surface area contributed by atoms with Crippen molar-refractivity contribution in [1.82, 2.24) is 19.9 Å². The van der Waals surface area contributed by atoms with Crippen LogP contribution in [0.15, 0.2) is 24.3 Å². The lowest BCUT2D eigenvalue weighted by Gasteiger charge is -2.28. The van der Waals surface area contributed by atoms with Crippen molar-refractivity contribution in [1.29, 1.82) is 0 Å². The van der Waals surface area contributed by atoms with Gasteiger partial charge in [0.1, 0.15) is 16.5 Å². The van der Waals surface area contributed by atoms with Crippen LogP contribution in [0, 0.1) is 6.92 Å². The number of nitrogens with zero attached hydrogens (tertiary/aromatic N) is 6. The number of hydrogen-bond acceptors (Lipinski definition) is 11. The molecule has 0 unspecified atom stereocenters. The largest absolute Gasteiger partial charge is 0.462 e. The molecule has 214 valence electrons. The molecule has 1 saturated heterocycles. The minimum Gasteiger partial charge on any atom is -0.462 e. The molecule has 0 bridgehead atoms. The molecule has 4 heterocycles. The second kappa shape index (κ2) is 11.6. The quantitative estimate of drug-likeness (QED) is 0.398. The lowest BCUT2D eigenvalue weighted by atomic mass is 10.1. The van der Waals surface area contributed by atoms with Crippen LogP contribution >= 0.6 is 11.3 Å². The number of ether oxygens (including phenoxy) is 1. The Balaban J connectivity index is 1.49. The molecule has 1 N–H and O–H groups in total. The predicted molar refractivity (Wildman–Crippen MR) is 154 cm³/mol. The normalized spacial score (nSPS) is 14.7. The molecule has 0 aliphatic carbocycles. The van der Waals surface area contributed by atoms with E-state index >= 15 is 0 Å². The molecule has 2 amide bonds. The molecule has 1 aromatic carbocycles. The van der Waals surface area contributed by atoms with Crippen LogP contribution in [0.25, 0.3) is 0 Å². The van der Waals surface area contributed by atoms with Gasteiger partial charge < -0.3 is 14.5 Å². The van der Waals surface area contributed by atoms with E-state index in [1.165, 1.54) is 4.90 Å². The second-order valence-electron chi connectivity index (χ2n) is 10.1. The van der Waals surface area contributed by atoms with Gasteiger partial charge in [-0.1, -0.05) is 23.5 Å². The van der Waals surface area contributed by atoms with Crippen LogP contribution in [0.5, 0.6) is 0 Å². The van der Waals surface area contributed by atoms with Crippen molar-refractivity contribution in [2.75, 3.05) is 48.9 Å². The number of fused-ring (bicyclic) bond motifs is 1. The number of carbonyl (C=O) groups is 4. The van der Waals surface area contributed by atoms with Crippen molar-refractivity contribution < 1.29 is 23.9 Å². The molecule has 0 saturated carbocycles. The first-order chi connectivity index (χ1) is 19.6. The third-order valence-corrected chi connectivity index (χ3v) is 7.88. The Morgan fingerprint density at radius 1 is 1.10 bits per heavy atom. The topological polar surface area (TPSA) is 138 Å². The van der Waals surface area contributed by atoms with Gasteiger partial charge in [-0.2, -0.15) is 9.97 Å². The van der Waals surface area contributed by atoms with E-state index in [1.807, 2.05) is 17.0 Å². The zero-order valence-corrected chi connectivity index (χ0v) is 24.2. The maximum atomic E-state index is 13.3. The number of benzene rings is 1. The van der Waals surface area contributed by atoms with E-state index in [1.54, 1.807) is 45.0 Å². The summed E-state index contributed by atoms with van der Waals surface area (Å²) in [6.45, 7) is 4.81. The van der Waals surface area contributed by atoms with Gasteiger partial charge in [0.2, 0.25) is 11.9 Å². The van der Waals surface area contributed by atoms with Crippen LogP contribution in [0.1, 0.15) is 56.6 Å². The highest BCUT2D eigenvalue weighted by Gasteiger charge is 2.35. The van der Waals surface area contributed by atoms with Crippen molar-refractivity contribution >= 4 is 57.6 Å². The Kier molecular flexibility index (Phi) is 7.97. The molecule has 2 aliphatic heterocycles. The van der Waals surface area contributed by atoms with Crippen molar-refractivity contribution in [2.24, 2.45) is 0 Å². The van der Waals surface area contributed by atoms with Gasteiger partial charge in [-0.05, 0) is 38.0 Å². The van der Waals surface area contributed by atoms with Gasteiger partial charge in [0.05, 0.1) is 31.8 Å². The summed E-state index contributed by atoms with van der Waals surface area (Å²) < 4.78 is 5.12. The number of Topliss-reactive ketones (excluding diaryl/α,β-unsaturated/α-hetero) is 1. The summed E-state index contributed by atoms with van der Waals surface area (Å²) in [6, 6.07) is 7.12. The van der Waals surface area contributed by atoms with Gasteiger partial charge in [-0.15, -0.1) is 0 Å². The number of hydrogen-bond donors (Lipinski definition) is 1. The van der Waals surface area contributed by atoms with Crippen molar-refractivity contribution in [3.8, 4) is 0 Å². The van der Waals surface area contributed by atoms with E-state index < -0.39 is 5.97 Å². The highest BCUT2D eigenvalue weighted by Crippen LogP contribution is 2.37. The second-order valence-corrected chi connectivity index (χ2v) is 11.1. The number of aromatic nitrogens is 3. The maximum Gasteiger partial charge on any atom is 0.350 e. The lowest BCUT2D eigenvalue weighted by molar-refractivity contribution is -0.118. The summed E-state index contributed by atoms with van der Waals surface area (Å²) in [7, 11) is 3.39. The minimum atomic E-state index is -0.451. The fourth-order valence-corrected chi connectivity index (χ4v) is 5.69. The van der Waals surface area contributed by atoms with Crippen molar-refractivity contribution in [3.05, 3.63) is 51.5 Å². The van der Waals surface area contributed by atoms with E-state index in [0.29, 0.717) is 57.9 Å². The number of anilines is 4. The van der Waals surface area contributed by atoms with Gasteiger partial charge in [-0.3, -0.25) is 24.6 Å². The van der Waals surface area contributed by atoms with E-state index in [4.69, 9.17) is 14.7 Å². The smallest absolute Gasteiger partial charge is 0.350 e. The number of piperidine rings is 1. The van der Waals surface area contributed by atoms with E-state index in [0.717, 1.165) is 16.9 Å². The first kappa shape index (κ1) is 28.1.